The maximum Gasteiger partial charge on any atom is 0.0167 e. The molecule has 0 aromatic rings. The lowest BCUT2D eigenvalue weighted by atomic mass is 9.98. The summed E-state index contributed by atoms with van der Waals surface area (Å²) in [5.74, 6) is 0. The largest absolute Gasteiger partial charge is 0.313 e. The van der Waals surface area contributed by atoms with Crippen LogP contribution in [0.25, 0.3) is 0 Å². The molecule has 1 N–H and O–H groups in total. The fourth-order valence-corrected chi connectivity index (χ4v) is 1.53. The molecule has 1 nitrogen and oxygen atoms in total. The first-order valence-electron chi connectivity index (χ1n) is 4.72. The van der Waals surface area contributed by atoms with E-state index in [9.17, 15) is 0 Å². The molecule has 1 aliphatic heterocycles. The molecule has 0 aliphatic carbocycles. The maximum absolute atomic E-state index is 3.42. The Labute approximate surface area is 69.9 Å². The van der Waals surface area contributed by atoms with Crippen molar-refractivity contribution < 1.29 is 0 Å². The van der Waals surface area contributed by atoms with Crippen LogP contribution in [0.5, 0.6) is 0 Å². The lowest BCUT2D eigenvalue weighted by Gasteiger charge is -2.18. The van der Waals surface area contributed by atoms with E-state index >= 15 is 0 Å². The van der Waals surface area contributed by atoms with Gasteiger partial charge < -0.3 is 5.32 Å². The van der Waals surface area contributed by atoms with Crippen LogP contribution in [0.2, 0.25) is 0 Å². The van der Waals surface area contributed by atoms with Crippen molar-refractivity contribution >= 4 is 0 Å². The van der Waals surface area contributed by atoms with Crippen LogP contribution >= 0.6 is 0 Å². The summed E-state index contributed by atoms with van der Waals surface area (Å²) in [7, 11) is 0. The van der Waals surface area contributed by atoms with Gasteiger partial charge >= 0.3 is 0 Å². The molecule has 0 saturated carbocycles. The van der Waals surface area contributed by atoms with Gasteiger partial charge in [0, 0.05) is 6.54 Å². The highest BCUT2D eigenvalue weighted by atomic mass is 14.9. The van der Waals surface area contributed by atoms with Crippen LogP contribution in [0.15, 0.2) is 11.1 Å². The van der Waals surface area contributed by atoms with Crippen molar-refractivity contribution in [3.63, 3.8) is 0 Å². The Morgan fingerprint density at radius 2 is 2.27 bits per heavy atom. The number of hydrogen-bond donors (Lipinski definition) is 1. The second kappa shape index (κ2) is 4.55. The quantitative estimate of drug-likeness (QED) is 0.614. The van der Waals surface area contributed by atoms with E-state index in [4.69, 9.17) is 0 Å². The van der Waals surface area contributed by atoms with Crippen molar-refractivity contribution in [2.24, 2.45) is 0 Å². The van der Waals surface area contributed by atoms with Gasteiger partial charge in [-0.25, -0.2) is 0 Å². The van der Waals surface area contributed by atoms with Gasteiger partial charge in [-0.1, -0.05) is 24.5 Å². The summed E-state index contributed by atoms with van der Waals surface area (Å²) in [6.07, 6.45) is 5.25. The highest BCUT2D eigenvalue weighted by Gasteiger charge is 2.06. The van der Waals surface area contributed by atoms with Crippen molar-refractivity contribution in [2.45, 2.75) is 39.5 Å². The van der Waals surface area contributed by atoms with Gasteiger partial charge in [-0.15, -0.1) is 0 Å². The van der Waals surface area contributed by atoms with Crippen molar-refractivity contribution in [2.75, 3.05) is 13.1 Å². The summed E-state index contributed by atoms with van der Waals surface area (Å²) in [6.45, 7) is 6.87. The van der Waals surface area contributed by atoms with Crippen molar-refractivity contribution in [1.82, 2.24) is 5.32 Å². The van der Waals surface area contributed by atoms with Crippen LogP contribution in [0, 0.1) is 0 Å². The Morgan fingerprint density at radius 3 is 2.91 bits per heavy atom. The summed E-state index contributed by atoms with van der Waals surface area (Å²) >= 11 is 0. The van der Waals surface area contributed by atoms with Crippen LogP contribution in [0.4, 0.5) is 0 Å². The van der Waals surface area contributed by atoms with Crippen LogP contribution in [0.3, 0.4) is 0 Å². The van der Waals surface area contributed by atoms with Gasteiger partial charge in [0.25, 0.3) is 0 Å². The standard InChI is InChI=1S/C10H19N/c1-3-4-5-10-8-11-7-6-9(10)2/h11H,3-8H2,1-2H3. The van der Waals surface area contributed by atoms with E-state index in [1.165, 1.54) is 32.2 Å². The Hall–Kier alpha value is -0.300. The molecule has 0 aromatic heterocycles. The minimum absolute atomic E-state index is 1.14. The van der Waals surface area contributed by atoms with Crippen LogP contribution < -0.4 is 5.32 Å². The first kappa shape index (κ1) is 8.79. The number of rotatable bonds is 3. The third-order valence-electron chi connectivity index (χ3n) is 2.45. The highest BCUT2D eigenvalue weighted by Crippen LogP contribution is 2.16. The topological polar surface area (TPSA) is 12.0 Å². The fourth-order valence-electron chi connectivity index (χ4n) is 1.53. The number of unbranched alkanes of at least 4 members (excludes halogenated alkanes) is 1. The normalized spacial score (nSPS) is 19.1. The molecule has 0 bridgehead atoms. The van der Waals surface area contributed by atoms with E-state index in [0.29, 0.717) is 0 Å². The average Bonchev–Trinajstić information content (AvgIpc) is 2.03. The van der Waals surface area contributed by atoms with Gasteiger partial charge in [0.1, 0.15) is 0 Å². The van der Waals surface area contributed by atoms with E-state index in [-0.39, 0.29) is 0 Å². The molecular formula is C10H19N. The van der Waals surface area contributed by atoms with Gasteiger partial charge in [0.05, 0.1) is 0 Å². The summed E-state index contributed by atoms with van der Waals surface area (Å²) in [4.78, 5) is 0. The maximum atomic E-state index is 3.42. The third kappa shape index (κ3) is 2.66. The van der Waals surface area contributed by atoms with Gasteiger partial charge in [0.15, 0.2) is 0 Å². The van der Waals surface area contributed by atoms with Gasteiger partial charge in [-0.3, -0.25) is 0 Å². The molecule has 0 amide bonds. The van der Waals surface area contributed by atoms with Crippen molar-refractivity contribution in [3.8, 4) is 0 Å². The minimum atomic E-state index is 1.14. The first-order chi connectivity index (χ1) is 5.34. The summed E-state index contributed by atoms with van der Waals surface area (Å²) in [5.41, 5.74) is 3.30. The molecule has 1 heteroatoms. The molecule has 1 heterocycles. The predicted molar refractivity (Wildman–Crippen MR) is 49.7 cm³/mol. The van der Waals surface area contributed by atoms with Gasteiger partial charge in [0.2, 0.25) is 0 Å². The number of hydrogen-bond acceptors (Lipinski definition) is 1. The monoisotopic (exact) mass is 153 g/mol. The molecule has 0 aromatic carbocycles. The smallest absolute Gasteiger partial charge is 0.0167 e. The summed E-state index contributed by atoms with van der Waals surface area (Å²) in [5, 5.41) is 3.42. The summed E-state index contributed by atoms with van der Waals surface area (Å²) < 4.78 is 0. The molecule has 0 atom stereocenters. The Kier molecular flexibility index (Phi) is 3.64. The van der Waals surface area contributed by atoms with Crippen LogP contribution in [0.1, 0.15) is 39.5 Å². The molecule has 0 spiro atoms. The first-order valence-corrected chi connectivity index (χ1v) is 4.72. The van der Waals surface area contributed by atoms with E-state index in [1.807, 2.05) is 0 Å². The van der Waals surface area contributed by atoms with E-state index < -0.39 is 0 Å². The lowest BCUT2D eigenvalue weighted by molar-refractivity contribution is 0.637. The predicted octanol–water partition coefficient (Wildman–Crippen LogP) is 2.49. The molecule has 0 radical (unpaired) electrons. The Morgan fingerprint density at radius 1 is 1.45 bits per heavy atom. The molecule has 11 heavy (non-hydrogen) atoms. The fraction of sp³-hybridized carbons (Fsp3) is 0.800. The van der Waals surface area contributed by atoms with E-state index in [0.717, 1.165) is 6.54 Å². The molecular weight excluding hydrogens is 134 g/mol. The molecule has 1 aliphatic rings. The van der Waals surface area contributed by atoms with E-state index in [2.05, 4.69) is 19.2 Å². The molecule has 64 valence electrons. The molecule has 0 fully saturated rings. The van der Waals surface area contributed by atoms with Crippen LogP contribution in [-0.2, 0) is 0 Å². The lowest BCUT2D eigenvalue weighted by Crippen LogP contribution is -2.24. The zero-order chi connectivity index (χ0) is 8.10. The van der Waals surface area contributed by atoms with Gasteiger partial charge in [-0.05, 0) is 32.7 Å². The van der Waals surface area contributed by atoms with Crippen molar-refractivity contribution in [1.29, 1.82) is 0 Å². The second-order valence-electron chi connectivity index (χ2n) is 3.41. The van der Waals surface area contributed by atoms with Gasteiger partial charge in [-0.2, -0.15) is 0 Å². The molecule has 1 rings (SSSR count). The Balaban J connectivity index is 2.39. The zero-order valence-corrected chi connectivity index (χ0v) is 7.74. The highest BCUT2D eigenvalue weighted by molar-refractivity contribution is 5.16. The van der Waals surface area contributed by atoms with Crippen LogP contribution in [-0.4, -0.2) is 13.1 Å². The molecule has 0 saturated heterocycles. The second-order valence-corrected chi connectivity index (χ2v) is 3.41. The number of nitrogens with one attached hydrogen (secondary N) is 1. The van der Waals surface area contributed by atoms with E-state index in [1.54, 1.807) is 11.1 Å². The average molecular weight is 153 g/mol. The SMILES string of the molecule is CCCCC1=C(C)CCNC1. The summed E-state index contributed by atoms with van der Waals surface area (Å²) in [6, 6.07) is 0. The zero-order valence-electron chi connectivity index (χ0n) is 7.74. The minimum Gasteiger partial charge on any atom is -0.313 e. The third-order valence-corrected chi connectivity index (χ3v) is 2.45. The van der Waals surface area contributed by atoms with Crippen molar-refractivity contribution in [3.05, 3.63) is 11.1 Å². The Bertz CT molecular complexity index is 147. The molecule has 0 unspecified atom stereocenters.